The Kier molecular flexibility index (Phi) is 4.22. The summed E-state index contributed by atoms with van der Waals surface area (Å²) in [4.78, 5) is 0. The van der Waals surface area contributed by atoms with Gasteiger partial charge in [-0.15, -0.1) is 0 Å². The summed E-state index contributed by atoms with van der Waals surface area (Å²) >= 11 is 5.94. The molecule has 0 atom stereocenters. The maximum Gasteiger partial charge on any atom is 0.158 e. The second-order valence-corrected chi connectivity index (χ2v) is 6.72. The van der Waals surface area contributed by atoms with Gasteiger partial charge in [-0.25, -0.2) is 12.8 Å². The number of rotatable bonds is 4. The van der Waals surface area contributed by atoms with Crippen molar-refractivity contribution in [1.82, 2.24) is 0 Å². The zero-order chi connectivity index (χ0) is 13.9. The van der Waals surface area contributed by atoms with Crippen molar-refractivity contribution in [2.75, 3.05) is 0 Å². The van der Waals surface area contributed by atoms with Crippen molar-refractivity contribution in [3.05, 3.63) is 70.5 Å². The molecule has 0 aliphatic rings. The second kappa shape index (κ2) is 5.72. The van der Waals surface area contributed by atoms with Crippen LogP contribution >= 0.6 is 11.6 Å². The maximum atomic E-state index is 12.8. The predicted molar refractivity (Wildman–Crippen MR) is 74.2 cm³/mol. The minimum absolute atomic E-state index is 0.121. The minimum atomic E-state index is -3.33. The lowest BCUT2D eigenvalue weighted by molar-refractivity contribution is 0.594. The summed E-state index contributed by atoms with van der Waals surface area (Å²) in [7, 11) is -3.33. The highest BCUT2D eigenvalue weighted by Gasteiger charge is 2.14. The van der Waals surface area contributed by atoms with Gasteiger partial charge in [0.2, 0.25) is 0 Å². The molecule has 0 bridgehead atoms. The zero-order valence-electron chi connectivity index (χ0n) is 10.0. The summed E-state index contributed by atoms with van der Waals surface area (Å²) in [5, 5.41) is 0.435. The highest BCUT2D eigenvalue weighted by Crippen LogP contribution is 2.19. The Hall–Kier alpha value is -1.39. The molecule has 0 amide bonds. The van der Waals surface area contributed by atoms with Gasteiger partial charge in [0.15, 0.2) is 9.84 Å². The molecule has 19 heavy (non-hydrogen) atoms. The van der Waals surface area contributed by atoms with Crippen molar-refractivity contribution in [2.24, 2.45) is 0 Å². The van der Waals surface area contributed by atoms with E-state index in [2.05, 4.69) is 0 Å². The van der Waals surface area contributed by atoms with Crippen LogP contribution in [0.5, 0.6) is 0 Å². The third-order valence-corrected chi connectivity index (χ3v) is 4.53. The fourth-order valence-electron chi connectivity index (χ4n) is 1.74. The van der Waals surface area contributed by atoms with Gasteiger partial charge in [-0.1, -0.05) is 41.9 Å². The molecule has 0 aliphatic carbocycles. The molecule has 5 heteroatoms. The summed E-state index contributed by atoms with van der Waals surface area (Å²) in [6.07, 6.45) is 0. The first kappa shape index (κ1) is 14.0. The SMILES string of the molecule is O=S(=O)(Cc1ccc(F)cc1)Cc1ccccc1Cl. The van der Waals surface area contributed by atoms with E-state index < -0.39 is 9.84 Å². The van der Waals surface area contributed by atoms with Gasteiger partial charge in [-0.3, -0.25) is 0 Å². The molecule has 0 saturated carbocycles. The lowest BCUT2D eigenvalue weighted by Gasteiger charge is -2.06. The average molecular weight is 299 g/mol. The summed E-state index contributed by atoms with van der Waals surface area (Å²) < 4.78 is 36.9. The van der Waals surface area contributed by atoms with Crippen LogP contribution in [0.4, 0.5) is 4.39 Å². The summed E-state index contributed by atoms with van der Waals surface area (Å²) in [6.45, 7) is 0. The van der Waals surface area contributed by atoms with E-state index in [9.17, 15) is 12.8 Å². The molecule has 0 aromatic heterocycles. The molecule has 0 unspecified atom stereocenters. The molecule has 0 radical (unpaired) electrons. The van der Waals surface area contributed by atoms with E-state index in [4.69, 9.17) is 11.6 Å². The fraction of sp³-hybridized carbons (Fsp3) is 0.143. The Bertz CT molecular complexity index is 666. The van der Waals surface area contributed by atoms with Crippen molar-refractivity contribution >= 4 is 21.4 Å². The number of sulfone groups is 1. The Morgan fingerprint density at radius 1 is 0.947 bits per heavy atom. The second-order valence-electron chi connectivity index (χ2n) is 4.25. The number of hydrogen-bond donors (Lipinski definition) is 0. The number of halogens is 2. The smallest absolute Gasteiger partial charge is 0.158 e. The fourth-order valence-corrected chi connectivity index (χ4v) is 3.55. The molecule has 0 spiro atoms. The van der Waals surface area contributed by atoms with Crippen molar-refractivity contribution < 1.29 is 12.8 Å². The van der Waals surface area contributed by atoms with Crippen LogP contribution < -0.4 is 0 Å². The van der Waals surface area contributed by atoms with Crippen molar-refractivity contribution in [2.45, 2.75) is 11.5 Å². The Labute approximate surface area is 116 Å². The molecule has 0 N–H and O–H groups in total. The van der Waals surface area contributed by atoms with Gasteiger partial charge >= 0.3 is 0 Å². The van der Waals surface area contributed by atoms with Crippen LogP contribution in [-0.2, 0) is 21.3 Å². The van der Waals surface area contributed by atoms with Gasteiger partial charge < -0.3 is 0 Å². The normalized spacial score (nSPS) is 11.5. The third kappa shape index (κ3) is 4.04. The molecule has 0 aliphatic heterocycles. The topological polar surface area (TPSA) is 34.1 Å². The van der Waals surface area contributed by atoms with Gasteiger partial charge in [-0.05, 0) is 29.3 Å². The van der Waals surface area contributed by atoms with E-state index in [1.807, 2.05) is 0 Å². The Morgan fingerprint density at radius 3 is 2.21 bits per heavy atom. The third-order valence-electron chi connectivity index (χ3n) is 2.63. The molecular weight excluding hydrogens is 287 g/mol. The maximum absolute atomic E-state index is 12.8. The lowest BCUT2D eigenvalue weighted by Crippen LogP contribution is -2.08. The molecule has 2 aromatic carbocycles. The van der Waals surface area contributed by atoms with E-state index in [1.165, 1.54) is 24.3 Å². The molecule has 2 nitrogen and oxygen atoms in total. The van der Waals surface area contributed by atoms with Crippen molar-refractivity contribution in [1.29, 1.82) is 0 Å². The average Bonchev–Trinajstić information content (AvgIpc) is 2.35. The van der Waals surface area contributed by atoms with E-state index in [0.717, 1.165) is 0 Å². The molecule has 0 saturated heterocycles. The predicted octanol–water partition coefficient (Wildman–Crippen LogP) is 3.59. The van der Waals surface area contributed by atoms with Crippen LogP contribution in [0.25, 0.3) is 0 Å². The van der Waals surface area contributed by atoms with E-state index >= 15 is 0 Å². The highest BCUT2D eigenvalue weighted by molar-refractivity contribution is 7.89. The first-order valence-corrected chi connectivity index (χ1v) is 7.84. The van der Waals surface area contributed by atoms with Crippen LogP contribution in [0.15, 0.2) is 48.5 Å². The van der Waals surface area contributed by atoms with E-state index in [0.29, 0.717) is 16.1 Å². The van der Waals surface area contributed by atoms with E-state index in [-0.39, 0.29) is 17.3 Å². The Morgan fingerprint density at radius 2 is 1.58 bits per heavy atom. The van der Waals surface area contributed by atoms with Crippen LogP contribution in [-0.4, -0.2) is 8.42 Å². The number of hydrogen-bond acceptors (Lipinski definition) is 2. The van der Waals surface area contributed by atoms with Crippen LogP contribution in [0.3, 0.4) is 0 Å². The molecule has 2 aromatic rings. The van der Waals surface area contributed by atoms with Crippen molar-refractivity contribution in [3.8, 4) is 0 Å². The van der Waals surface area contributed by atoms with Gasteiger partial charge in [0.25, 0.3) is 0 Å². The monoisotopic (exact) mass is 298 g/mol. The van der Waals surface area contributed by atoms with Gasteiger partial charge in [0, 0.05) is 5.02 Å². The summed E-state index contributed by atoms with van der Waals surface area (Å²) in [5.41, 5.74) is 1.14. The zero-order valence-corrected chi connectivity index (χ0v) is 11.6. The molecule has 0 heterocycles. The lowest BCUT2D eigenvalue weighted by atomic mass is 10.2. The summed E-state index contributed by atoms with van der Waals surface area (Å²) in [5.74, 6) is -0.630. The molecular formula is C14H12ClFO2S. The largest absolute Gasteiger partial charge is 0.228 e. The van der Waals surface area contributed by atoms with Crippen LogP contribution in [0, 0.1) is 5.82 Å². The van der Waals surface area contributed by atoms with Crippen molar-refractivity contribution in [3.63, 3.8) is 0 Å². The quantitative estimate of drug-likeness (QED) is 0.864. The van der Waals surface area contributed by atoms with Gasteiger partial charge in [-0.2, -0.15) is 0 Å². The number of benzene rings is 2. The van der Waals surface area contributed by atoms with E-state index in [1.54, 1.807) is 24.3 Å². The first-order valence-electron chi connectivity index (χ1n) is 5.64. The van der Waals surface area contributed by atoms with Crippen LogP contribution in [0.2, 0.25) is 5.02 Å². The highest BCUT2D eigenvalue weighted by atomic mass is 35.5. The summed E-state index contributed by atoms with van der Waals surface area (Å²) in [6, 6.07) is 12.3. The standard InChI is InChI=1S/C14H12ClFO2S/c15-14-4-2-1-3-12(14)10-19(17,18)9-11-5-7-13(16)8-6-11/h1-8H,9-10H2. The molecule has 100 valence electrons. The molecule has 2 rings (SSSR count). The van der Waals surface area contributed by atoms with Gasteiger partial charge in [0.05, 0.1) is 11.5 Å². The minimum Gasteiger partial charge on any atom is -0.228 e. The van der Waals surface area contributed by atoms with Gasteiger partial charge in [0.1, 0.15) is 5.82 Å². The Balaban J connectivity index is 2.15. The van der Waals surface area contributed by atoms with Crippen LogP contribution in [0.1, 0.15) is 11.1 Å². The molecule has 0 fully saturated rings. The first-order chi connectivity index (χ1) is 8.96.